The van der Waals surface area contributed by atoms with E-state index in [4.69, 9.17) is 4.74 Å². The Bertz CT molecular complexity index is 752. The van der Waals surface area contributed by atoms with Gasteiger partial charge >= 0.3 is 0 Å². The van der Waals surface area contributed by atoms with E-state index in [0.29, 0.717) is 0 Å². The number of anilines is 2. The van der Waals surface area contributed by atoms with Crippen LogP contribution < -0.4 is 10.2 Å². The summed E-state index contributed by atoms with van der Waals surface area (Å²) in [6, 6.07) is 9.93. The zero-order valence-corrected chi connectivity index (χ0v) is 14.3. The molecule has 2 heterocycles. The minimum atomic E-state index is -0.0747. The Morgan fingerprint density at radius 3 is 2.60 bits per heavy atom. The Labute approximate surface area is 148 Å². The Kier molecular flexibility index (Phi) is 4.65. The summed E-state index contributed by atoms with van der Waals surface area (Å²) in [5, 5.41) is 2.95. The van der Waals surface area contributed by atoms with Crippen molar-refractivity contribution in [3.8, 4) is 0 Å². The number of aromatic nitrogens is 1. The fraction of sp³-hybridized carbons (Fsp3) is 0.400. The van der Waals surface area contributed by atoms with Gasteiger partial charge < -0.3 is 15.0 Å². The van der Waals surface area contributed by atoms with E-state index in [-0.39, 0.29) is 5.91 Å². The number of amides is 1. The van der Waals surface area contributed by atoms with Gasteiger partial charge in [-0.3, -0.25) is 4.79 Å². The van der Waals surface area contributed by atoms with Gasteiger partial charge in [-0.2, -0.15) is 0 Å². The third-order valence-corrected chi connectivity index (χ3v) is 4.95. The first-order valence-corrected chi connectivity index (χ1v) is 9.01. The number of ether oxygens (including phenoxy) is 1. The van der Waals surface area contributed by atoms with E-state index in [1.165, 1.54) is 24.0 Å². The van der Waals surface area contributed by atoms with E-state index >= 15 is 0 Å². The van der Waals surface area contributed by atoms with Crippen molar-refractivity contribution in [3.05, 3.63) is 53.2 Å². The highest BCUT2D eigenvalue weighted by Gasteiger charge is 2.14. The number of rotatable bonds is 3. The predicted molar refractivity (Wildman–Crippen MR) is 98.3 cm³/mol. The highest BCUT2D eigenvalue weighted by molar-refractivity contribution is 6.04. The molecule has 5 nitrogen and oxygen atoms in total. The number of pyridine rings is 1. The molecule has 2 aromatic rings. The van der Waals surface area contributed by atoms with Crippen molar-refractivity contribution in [2.75, 3.05) is 36.5 Å². The average molecular weight is 337 g/mol. The lowest BCUT2D eigenvalue weighted by Gasteiger charge is -2.27. The van der Waals surface area contributed by atoms with Gasteiger partial charge in [0.2, 0.25) is 0 Å². The standard InChI is InChI=1S/C20H23N3O2/c24-20(17-6-5-15-3-1-2-4-16(15)13-17)22-18-7-8-19(21-14-18)23-9-11-25-12-10-23/h5-8,13-14H,1-4,9-12H2,(H,22,24). The zero-order chi connectivity index (χ0) is 17.1. The quantitative estimate of drug-likeness (QED) is 0.935. The normalized spacial score (nSPS) is 17.0. The molecule has 25 heavy (non-hydrogen) atoms. The van der Waals surface area contributed by atoms with Gasteiger partial charge in [0.05, 0.1) is 25.1 Å². The van der Waals surface area contributed by atoms with Gasteiger partial charge in [-0.1, -0.05) is 6.07 Å². The number of hydrogen-bond donors (Lipinski definition) is 1. The fourth-order valence-corrected chi connectivity index (χ4v) is 3.52. The van der Waals surface area contributed by atoms with Crippen molar-refractivity contribution in [3.63, 3.8) is 0 Å². The van der Waals surface area contributed by atoms with Gasteiger partial charge in [0.15, 0.2) is 0 Å². The molecule has 1 aromatic carbocycles. The molecule has 2 aliphatic rings. The first-order valence-electron chi connectivity index (χ1n) is 9.01. The van der Waals surface area contributed by atoms with Crippen LogP contribution in [0, 0.1) is 0 Å². The first kappa shape index (κ1) is 16.1. The monoisotopic (exact) mass is 337 g/mol. The fourth-order valence-electron chi connectivity index (χ4n) is 3.52. The van der Waals surface area contributed by atoms with Crippen LogP contribution in [0.15, 0.2) is 36.5 Å². The topological polar surface area (TPSA) is 54.5 Å². The molecule has 1 aromatic heterocycles. The summed E-state index contributed by atoms with van der Waals surface area (Å²) in [4.78, 5) is 19.2. The maximum Gasteiger partial charge on any atom is 0.255 e. The summed E-state index contributed by atoms with van der Waals surface area (Å²) in [6.45, 7) is 3.18. The van der Waals surface area contributed by atoms with Crippen LogP contribution in [-0.2, 0) is 17.6 Å². The Morgan fingerprint density at radius 2 is 1.84 bits per heavy atom. The lowest BCUT2D eigenvalue weighted by atomic mass is 9.90. The van der Waals surface area contributed by atoms with E-state index < -0.39 is 0 Å². The van der Waals surface area contributed by atoms with Gasteiger partial charge in [0, 0.05) is 18.7 Å². The summed E-state index contributed by atoms with van der Waals surface area (Å²) in [5.74, 6) is 0.851. The van der Waals surface area contributed by atoms with Crippen LogP contribution >= 0.6 is 0 Å². The lowest BCUT2D eigenvalue weighted by Crippen LogP contribution is -2.36. The van der Waals surface area contributed by atoms with Crippen LogP contribution in [0.4, 0.5) is 11.5 Å². The van der Waals surface area contributed by atoms with Gasteiger partial charge in [-0.25, -0.2) is 4.98 Å². The molecule has 1 amide bonds. The van der Waals surface area contributed by atoms with E-state index in [1.807, 2.05) is 24.3 Å². The van der Waals surface area contributed by atoms with Crippen molar-refractivity contribution in [1.82, 2.24) is 4.98 Å². The Morgan fingerprint density at radius 1 is 1.04 bits per heavy atom. The number of nitrogens with zero attached hydrogens (tertiary/aromatic N) is 2. The van der Waals surface area contributed by atoms with Gasteiger partial charge in [0.1, 0.15) is 5.82 Å². The second-order valence-corrected chi connectivity index (χ2v) is 6.65. The molecule has 130 valence electrons. The van der Waals surface area contributed by atoms with Crippen molar-refractivity contribution in [2.45, 2.75) is 25.7 Å². The van der Waals surface area contributed by atoms with Crippen LogP contribution in [0.5, 0.6) is 0 Å². The summed E-state index contributed by atoms with van der Waals surface area (Å²) < 4.78 is 5.36. The number of aryl methyl sites for hydroxylation is 2. The largest absolute Gasteiger partial charge is 0.378 e. The third-order valence-electron chi connectivity index (χ3n) is 4.95. The number of nitrogens with one attached hydrogen (secondary N) is 1. The van der Waals surface area contributed by atoms with Crippen LogP contribution in [0.1, 0.15) is 34.3 Å². The summed E-state index contributed by atoms with van der Waals surface area (Å²) in [7, 11) is 0. The molecule has 0 atom stereocenters. The van der Waals surface area contributed by atoms with E-state index in [1.54, 1.807) is 6.20 Å². The number of morpholine rings is 1. The molecule has 0 radical (unpaired) electrons. The average Bonchev–Trinajstić information content (AvgIpc) is 2.69. The van der Waals surface area contributed by atoms with E-state index in [2.05, 4.69) is 21.3 Å². The summed E-state index contributed by atoms with van der Waals surface area (Å²) in [6.07, 6.45) is 6.39. The Hall–Kier alpha value is -2.40. The summed E-state index contributed by atoms with van der Waals surface area (Å²) >= 11 is 0. The van der Waals surface area contributed by atoms with E-state index in [9.17, 15) is 4.79 Å². The maximum atomic E-state index is 12.5. The number of benzene rings is 1. The minimum absolute atomic E-state index is 0.0747. The van der Waals surface area contributed by atoms with Crippen LogP contribution in [0.25, 0.3) is 0 Å². The zero-order valence-electron chi connectivity index (χ0n) is 14.3. The maximum absolute atomic E-state index is 12.5. The molecule has 0 bridgehead atoms. The SMILES string of the molecule is O=C(Nc1ccc(N2CCOCC2)nc1)c1ccc2c(c1)CCCC2. The number of fused-ring (bicyclic) bond motifs is 1. The predicted octanol–water partition coefficient (Wildman–Crippen LogP) is 3.05. The third kappa shape index (κ3) is 3.66. The molecule has 4 rings (SSSR count). The number of carbonyl (C=O) groups excluding carboxylic acids is 1. The first-order chi connectivity index (χ1) is 12.3. The molecule has 0 saturated carbocycles. The van der Waals surface area contributed by atoms with Crippen molar-refractivity contribution in [2.24, 2.45) is 0 Å². The van der Waals surface area contributed by atoms with Crippen molar-refractivity contribution >= 4 is 17.4 Å². The van der Waals surface area contributed by atoms with Crippen molar-refractivity contribution < 1.29 is 9.53 Å². The lowest BCUT2D eigenvalue weighted by molar-refractivity contribution is 0.102. The summed E-state index contributed by atoms with van der Waals surface area (Å²) in [5.41, 5.74) is 4.15. The highest BCUT2D eigenvalue weighted by atomic mass is 16.5. The molecule has 0 spiro atoms. The van der Waals surface area contributed by atoms with E-state index in [0.717, 1.165) is 56.2 Å². The van der Waals surface area contributed by atoms with Crippen LogP contribution in [0.2, 0.25) is 0 Å². The molecule has 1 aliphatic heterocycles. The smallest absolute Gasteiger partial charge is 0.255 e. The van der Waals surface area contributed by atoms with Crippen LogP contribution in [-0.4, -0.2) is 37.2 Å². The van der Waals surface area contributed by atoms with Gasteiger partial charge in [0.25, 0.3) is 5.91 Å². The van der Waals surface area contributed by atoms with Gasteiger partial charge in [-0.05, 0) is 61.1 Å². The molecule has 1 saturated heterocycles. The van der Waals surface area contributed by atoms with Gasteiger partial charge in [-0.15, -0.1) is 0 Å². The molecular weight excluding hydrogens is 314 g/mol. The Balaban J connectivity index is 1.43. The van der Waals surface area contributed by atoms with Crippen molar-refractivity contribution in [1.29, 1.82) is 0 Å². The molecule has 1 aliphatic carbocycles. The second-order valence-electron chi connectivity index (χ2n) is 6.65. The number of carbonyl (C=O) groups is 1. The molecular formula is C20H23N3O2. The molecule has 5 heteroatoms. The highest BCUT2D eigenvalue weighted by Crippen LogP contribution is 2.23. The molecule has 1 N–H and O–H groups in total. The minimum Gasteiger partial charge on any atom is -0.378 e. The van der Waals surface area contributed by atoms with Crippen LogP contribution in [0.3, 0.4) is 0 Å². The molecule has 1 fully saturated rings. The number of hydrogen-bond acceptors (Lipinski definition) is 4. The molecule has 0 unspecified atom stereocenters. The second kappa shape index (κ2) is 7.23.